The molecule has 24 heavy (non-hydrogen) atoms. The average Bonchev–Trinajstić information content (AvgIpc) is 2.94. The third-order valence-corrected chi connectivity index (χ3v) is 4.67. The molecule has 0 spiro atoms. The fraction of sp³-hybridized carbons (Fsp3) is 0.182. The van der Waals surface area contributed by atoms with Crippen molar-refractivity contribution in [1.29, 1.82) is 0 Å². The molecule has 1 N–H and O–H groups in total. The van der Waals surface area contributed by atoms with Crippen molar-refractivity contribution < 1.29 is 20.4 Å². The van der Waals surface area contributed by atoms with Gasteiger partial charge >= 0.3 is 0 Å². The molecule has 2 aliphatic carbocycles. The zero-order valence-electron chi connectivity index (χ0n) is 13.6. The summed E-state index contributed by atoms with van der Waals surface area (Å²) in [5.74, 6) is 0. The van der Waals surface area contributed by atoms with Gasteiger partial charge in [-0.3, -0.25) is 0 Å². The van der Waals surface area contributed by atoms with Crippen molar-refractivity contribution in [2.24, 2.45) is 0 Å². The molecule has 0 unspecified atom stereocenters. The van der Waals surface area contributed by atoms with Crippen molar-refractivity contribution >= 4 is 16.8 Å². The Morgan fingerprint density at radius 3 is 2.50 bits per heavy atom. The third-order valence-electron chi connectivity index (χ3n) is 4.67. The van der Waals surface area contributed by atoms with Gasteiger partial charge in [0.25, 0.3) is 0 Å². The molecule has 0 aliphatic heterocycles. The Bertz CT molecular complexity index is 878. The minimum absolute atomic E-state index is 0. The van der Waals surface area contributed by atoms with E-state index in [0.29, 0.717) is 6.54 Å². The first kappa shape index (κ1) is 17.1. The molecule has 2 heteroatoms. The van der Waals surface area contributed by atoms with Crippen molar-refractivity contribution in [3.05, 3.63) is 94.3 Å². The first-order valence-electron chi connectivity index (χ1n) is 8.33. The van der Waals surface area contributed by atoms with Crippen LogP contribution in [-0.4, -0.2) is 6.54 Å². The molecule has 0 fully saturated rings. The predicted octanol–water partition coefficient (Wildman–Crippen LogP) is 6.25. The predicted molar refractivity (Wildman–Crippen MR) is 99.2 cm³/mol. The second-order valence-electron chi connectivity index (χ2n) is 6.15. The van der Waals surface area contributed by atoms with E-state index in [1.807, 2.05) is 0 Å². The summed E-state index contributed by atoms with van der Waals surface area (Å²) in [4.78, 5) is 0. The molecule has 0 atom stereocenters. The van der Waals surface area contributed by atoms with Crippen molar-refractivity contribution in [3.63, 3.8) is 0 Å². The quantitative estimate of drug-likeness (QED) is 0.492. The number of rotatable bonds is 3. The molecule has 4 rings (SSSR count). The smallest absolute Gasteiger partial charge is 0 e. The maximum absolute atomic E-state index is 7.56. The van der Waals surface area contributed by atoms with Gasteiger partial charge in [0.05, 0.1) is 0 Å². The summed E-state index contributed by atoms with van der Waals surface area (Å²) in [6, 6.07) is 15.0. The monoisotopic (exact) mass is 485 g/mol. The summed E-state index contributed by atoms with van der Waals surface area (Å²) in [6.07, 6.45) is 12.4. The van der Waals surface area contributed by atoms with E-state index in [9.17, 15) is 0 Å². The molecule has 2 aromatic carbocycles. The normalized spacial score (nSPS) is 17.9. The molecule has 0 saturated carbocycles. The Kier molecular flexibility index (Phi) is 5.31. The van der Waals surface area contributed by atoms with Gasteiger partial charge in [-0.1, -0.05) is 60.7 Å². The van der Waals surface area contributed by atoms with Crippen LogP contribution in [0.15, 0.2) is 83.0 Å². The maximum Gasteiger partial charge on any atom is 0 e. The molecule has 0 heterocycles. The van der Waals surface area contributed by atoms with E-state index in [4.69, 9.17) is 5.73 Å². The standard InChI is InChI=1S/C22H20N.Re/c23-13-12-18-15-19(22-11-4-3-10-21(18)22)14-17-8-5-7-16-6-1-2-9-20(16)17;/h1-2,5-11,14-15,23H,3-4,12-13H2;/q-1;/b19-14+;. The van der Waals surface area contributed by atoms with Crippen molar-refractivity contribution in [2.75, 3.05) is 6.54 Å². The Morgan fingerprint density at radius 2 is 1.67 bits per heavy atom. The van der Waals surface area contributed by atoms with Crippen LogP contribution in [0.5, 0.6) is 0 Å². The van der Waals surface area contributed by atoms with Gasteiger partial charge in [0, 0.05) is 20.4 Å². The van der Waals surface area contributed by atoms with Crippen LogP contribution < -0.4 is 0 Å². The molecule has 2 aliphatic rings. The third kappa shape index (κ3) is 3.10. The topological polar surface area (TPSA) is 23.8 Å². The van der Waals surface area contributed by atoms with Gasteiger partial charge in [-0.15, -0.1) is 6.54 Å². The zero-order chi connectivity index (χ0) is 15.6. The molecule has 0 saturated heterocycles. The van der Waals surface area contributed by atoms with Crippen LogP contribution >= 0.6 is 0 Å². The molecule has 0 bridgehead atoms. The van der Waals surface area contributed by atoms with Gasteiger partial charge in [0.15, 0.2) is 0 Å². The number of nitrogens with one attached hydrogen (secondary N) is 1. The first-order valence-corrected chi connectivity index (χ1v) is 8.33. The number of fused-ring (bicyclic) bond motifs is 2. The molecule has 121 valence electrons. The van der Waals surface area contributed by atoms with Gasteiger partial charge in [-0.05, 0) is 64.0 Å². The minimum Gasteiger partial charge on any atom is -0.677 e. The summed E-state index contributed by atoms with van der Waals surface area (Å²) in [7, 11) is 0. The van der Waals surface area contributed by atoms with Crippen LogP contribution in [0.4, 0.5) is 0 Å². The Balaban J connectivity index is 0.00000169. The average molecular weight is 485 g/mol. The van der Waals surface area contributed by atoms with Crippen LogP contribution in [0.25, 0.3) is 22.6 Å². The second kappa shape index (κ2) is 7.45. The SMILES string of the molecule is [NH-]CCC1=C/C(=C\c2cccc3ccccc23)C2=CCCC=C12.[Re]. The molecule has 1 nitrogen and oxygen atoms in total. The summed E-state index contributed by atoms with van der Waals surface area (Å²) in [6.45, 7) is 0.456. The van der Waals surface area contributed by atoms with Gasteiger partial charge in [0.1, 0.15) is 0 Å². The van der Waals surface area contributed by atoms with Crippen LogP contribution in [0, 0.1) is 0 Å². The van der Waals surface area contributed by atoms with Gasteiger partial charge in [-0.2, -0.15) is 0 Å². The summed E-state index contributed by atoms with van der Waals surface area (Å²) >= 11 is 0. The van der Waals surface area contributed by atoms with E-state index in [1.54, 1.807) is 0 Å². The van der Waals surface area contributed by atoms with Gasteiger partial charge in [0.2, 0.25) is 0 Å². The fourth-order valence-electron chi connectivity index (χ4n) is 3.60. The van der Waals surface area contributed by atoms with Crippen LogP contribution in [0.3, 0.4) is 0 Å². The van der Waals surface area contributed by atoms with E-state index in [-0.39, 0.29) is 20.4 Å². The number of benzene rings is 2. The van der Waals surface area contributed by atoms with E-state index < -0.39 is 0 Å². The molecule has 0 amide bonds. The number of allylic oxidation sites excluding steroid dienone is 6. The largest absolute Gasteiger partial charge is 0.677 e. The second-order valence-corrected chi connectivity index (χ2v) is 6.15. The molecule has 1 radical (unpaired) electrons. The van der Waals surface area contributed by atoms with E-state index >= 15 is 0 Å². The van der Waals surface area contributed by atoms with Crippen LogP contribution in [0.2, 0.25) is 0 Å². The zero-order valence-corrected chi connectivity index (χ0v) is 16.3. The molecule has 0 aromatic heterocycles. The van der Waals surface area contributed by atoms with Crippen molar-refractivity contribution in [1.82, 2.24) is 0 Å². The Morgan fingerprint density at radius 1 is 0.917 bits per heavy atom. The van der Waals surface area contributed by atoms with E-state index in [2.05, 4.69) is 66.8 Å². The van der Waals surface area contributed by atoms with Gasteiger partial charge in [-0.25, -0.2) is 0 Å². The summed E-state index contributed by atoms with van der Waals surface area (Å²) in [5.41, 5.74) is 14.2. The molecule has 2 aromatic rings. The number of hydrogen-bond donors (Lipinski definition) is 0. The molecular weight excluding hydrogens is 464 g/mol. The summed E-state index contributed by atoms with van der Waals surface area (Å²) in [5, 5.41) is 2.58. The van der Waals surface area contributed by atoms with Gasteiger partial charge < -0.3 is 5.73 Å². The minimum atomic E-state index is 0. The Hall–Kier alpha value is -1.72. The Labute approximate surface area is 157 Å². The fourth-order valence-corrected chi connectivity index (χ4v) is 3.60. The number of hydrogen-bond acceptors (Lipinski definition) is 0. The van der Waals surface area contributed by atoms with Crippen molar-refractivity contribution in [3.8, 4) is 0 Å². The van der Waals surface area contributed by atoms with Crippen molar-refractivity contribution in [2.45, 2.75) is 19.3 Å². The maximum atomic E-state index is 7.56. The molecular formula is C22H20NRe-. The van der Waals surface area contributed by atoms with Crippen LogP contribution in [0.1, 0.15) is 24.8 Å². The van der Waals surface area contributed by atoms with E-state index in [1.165, 1.54) is 38.6 Å². The van der Waals surface area contributed by atoms with Crippen LogP contribution in [-0.2, 0) is 20.4 Å². The first-order chi connectivity index (χ1) is 11.4. The summed E-state index contributed by atoms with van der Waals surface area (Å²) < 4.78 is 0. The van der Waals surface area contributed by atoms with E-state index in [0.717, 1.165) is 19.3 Å².